The molecule has 2 fully saturated rings. The van der Waals surface area contributed by atoms with Crippen LogP contribution in [0.3, 0.4) is 0 Å². The Bertz CT molecular complexity index is 1050. The van der Waals surface area contributed by atoms with Crippen molar-refractivity contribution in [1.29, 1.82) is 0 Å². The SMILES string of the molecule is CC1C(C(C(=O)NCc2ccccc2)N(CCN2CCCC2=O)C(=O)CCc2cc[c-]cc2)CNN1C.[Ho]. The van der Waals surface area contributed by atoms with Crippen molar-refractivity contribution < 1.29 is 52.1 Å². The molecule has 2 aromatic rings. The molecular formula is C29H38HoN5O3-. The maximum atomic E-state index is 13.8. The minimum Gasteiger partial charge on any atom is -0.350 e. The van der Waals surface area contributed by atoms with Gasteiger partial charge in [-0.2, -0.15) is 35.9 Å². The van der Waals surface area contributed by atoms with Crippen LogP contribution in [0.1, 0.15) is 37.3 Å². The van der Waals surface area contributed by atoms with Crippen LogP contribution < -0.4 is 10.7 Å². The Kier molecular flexibility index (Phi) is 12.1. The van der Waals surface area contributed by atoms with Crippen LogP contribution in [0.4, 0.5) is 0 Å². The monoisotopic (exact) mass is 669 g/mol. The zero-order valence-electron chi connectivity index (χ0n) is 22.2. The first kappa shape index (κ1) is 30.6. The molecule has 4 rings (SSSR count). The van der Waals surface area contributed by atoms with Crippen LogP contribution in [0.2, 0.25) is 0 Å². The number of rotatable bonds is 11. The van der Waals surface area contributed by atoms with Crippen LogP contribution in [0.15, 0.2) is 54.6 Å². The van der Waals surface area contributed by atoms with Crippen molar-refractivity contribution in [3.8, 4) is 0 Å². The van der Waals surface area contributed by atoms with Gasteiger partial charge in [0.05, 0.1) is 0 Å². The molecule has 3 unspecified atom stereocenters. The fraction of sp³-hybridized carbons (Fsp3) is 0.483. The second kappa shape index (κ2) is 15.0. The molecule has 8 nitrogen and oxygen atoms in total. The number of carbonyl (C=O) groups is 3. The van der Waals surface area contributed by atoms with E-state index in [0.29, 0.717) is 52.0 Å². The molecule has 2 aromatic carbocycles. The Hall–Kier alpha value is -1.97. The number of nitrogens with one attached hydrogen (secondary N) is 2. The molecule has 0 bridgehead atoms. The molecule has 3 atom stereocenters. The van der Waals surface area contributed by atoms with Gasteiger partial charge in [0.15, 0.2) is 0 Å². The molecular weight excluding hydrogens is 631 g/mol. The zero-order valence-corrected chi connectivity index (χ0v) is 24.1. The van der Waals surface area contributed by atoms with E-state index in [2.05, 4.69) is 23.7 Å². The van der Waals surface area contributed by atoms with E-state index in [1.807, 2.05) is 71.6 Å². The van der Waals surface area contributed by atoms with Crippen molar-refractivity contribution in [3.63, 3.8) is 0 Å². The van der Waals surface area contributed by atoms with Crippen molar-refractivity contribution in [1.82, 2.24) is 25.6 Å². The largest absolute Gasteiger partial charge is 0.350 e. The van der Waals surface area contributed by atoms with Crippen LogP contribution in [-0.4, -0.2) is 77.8 Å². The van der Waals surface area contributed by atoms with Crippen LogP contribution >= 0.6 is 0 Å². The van der Waals surface area contributed by atoms with Gasteiger partial charge in [-0.25, -0.2) is 5.01 Å². The fourth-order valence-corrected chi connectivity index (χ4v) is 5.25. The molecule has 0 aliphatic carbocycles. The van der Waals surface area contributed by atoms with Gasteiger partial charge < -0.3 is 15.1 Å². The summed E-state index contributed by atoms with van der Waals surface area (Å²) in [6.07, 6.45) is 2.27. The van der Waals surface area contributed by atoms with E-state index in [1.54, 1.807) is 4.90 Å². The average Bonchev–Trinajstić information content (AvgIpc) is 3.48. The molecule has 2 heterocycles. The smallest absolute Gasteiger partial charge is 0.243 e. The number of nitrogens with zero attached hydrogens (tertiary/aromatic N) is 3. The summed E-state index contributed by atoms with van der Waals surface area (Å²) in [5.41, 5.74) is 5.39. The van der Waals surface area contributed by atoms with Gasteiger partial charge in [0.2, 0.25) is 17.7 Å². The molecule has 2 aliphatic rings. The van der Waals surface area contributed by atoms with Crippen molar-refractivity contribution in [2.24, 2.45) is 5.92 Å². The summed E-state index contributed by atoms with van der Waals surface area (Å²) >= 11 is 0. The summed E-state index contributed by atoms with van der Waals surface area (Å²) in [6.45, 7) is 4.56. The molecule has 2 aliphatic heterocycles. The number of likely N-dealkylation sites (tertiary alicyclic amines) is 1. The van der Waals surface area contributed by atoms with E-state index in [4.69, 9.17) is 0 Å². The fourth-order valence-electron chi connectivity index (χ4n) is 5.25. The van der Waals surface area contributed by atoms with E-state index in [-0.39, 0.29) is 67.4 Å². The second-order valence-electron chi connectivity index (χ2n) is 10.0. The molecule has 9 heteroatoms. The minimum absolute atomic E-state index is 0. The first-order valence-electron chi connectivity index (χ1n) is 13.2. The van der Waals surface area contributed by atoms with Crippen LogP contribution in [0.25, 0.3) is 0 Å². The van der Waals surface area contributed by atoms with Crippen molar-refractivity contribution in [3.05, 3.63) is 71.8 Å². The van der Waals surface area contributed by atoms with E-state index >= 15 is 0 Å². The summed E-state index contributed by atoms with van der Waals surface area (Å²) in [5.74, 6) is -0.201. The van der Waals surface area contributed by atoms with Crippen molar-refractivity contribution in [2.75, 3.05) is 33.2 Å². The Balaban J connectivity index is 0.00000400. The maximum Gasteiger partial charge on any atom is 0.243 e. The third-order valence-corrected chi connectivity index (χ3v) is 7.64. The predicted molar refractivity (Wildman–Crippen MR) is 142 cm³/mol. The number of amides is 3. The molecule has 209 valence electrons. The summed E-state index contributed by atoms with van der Waals surface area (Å²) < 4.78 is 0. The molecule has 3 amide bonds. The van der Waals surface area contributed by atoms with Gasteiger partial charge in [0.1, 0.15) is 6.04 Å². The van der Waals surface area contributed by atoms with Gasteiger partial charge in [-0.1, -0.05) is 30.3 Å². The first-order chi connectivity index (χ1) is 17.9. The Morgan fingerprint density at radius 1 is 1.16 bits per heavy atom. The van der Waals surface area contributed by atoms with Gasteiger partial charge in [0.25, 0.3) is 0 Å². The van der Waals surface area contributed by atoms with Crippen LogP contribution in [0.5, 0.6) is 0 Å². The standard InChI is InChI=1S/C29H38N5O3.Ho/c1-22-25(21-31-32(22)2)28(29(37)30-20-24-12-7-4-8-13-24)34(19-18-33-17-9-14-26(33)35)27(36)16-15-23-10-5-3-6-11-23;/h4-8,10-13,22,25,28,31H,9,14-21H2,1-2H3,(H,30,37);/q-1;. The van der Waals surface area contributed by atoms with E-state index in [0.717, 1.165) is 17.5 Å². The third kappa shape index (κ3) is 8.02. The van der Waals surface area contributed by atoms with Gasteiger partial charge >= 0.3 is 0 Å². The van der Waals surface area contributed by atoms with E-state index in [1.165, 1.54) is 0 Å². The number of hydrogen-bond acceptors (Lipinski definition) is 5. The van der Waals surface area contributed by atoms with Crippen LogP contribution in [0, 0.1) is 49.7 Å². The summed E-state index contributed by atoms with van der Waals surface area (Å²) in [5, 5.41) is 5.10. The number of hydrogen-bond donors (Lipinski definition) is 2. The first-order valence-corrected chi connectivity index (χ1v) is 13.2. The second-order valence-corrected chi connectivity index (χ2v) is 10.0. The Labute approximate surface area is 256 Å². The summed E-state index contributed by atoms with van der Waals surface area (Å²) in [6, 6.07) is 19.8. The van der Waals surface area contributed by atoms with E-state index < -0.39 is 6.04 Å². The van der Waals surface area contributed by atoms with Gasteiger partial charge in [-0.15, -0.1) is 0 Å². The average molecular weight is 670 g/mol. The molecule has 38 heavy (non-hydrogen) atoms. The molecule has 0 aromatic heterocycles. The summed E-state index contributed by atoms with van der Waals surface area (Å²) in [4.78, 5) is 43.4. The number of carbonyl (C=O) groups excluding carboxylic acids is 3. The van der Waals surface area contributed by atoms with Gasteiger partial charge in [-0.05, 0) is 25.3 Å². The van der Waals surface area contributed by atoms with E-state index in [9.17, 15) is 14.4 Å². The third-order valence-electron chi connectivity index (χ3n) is 7.64. The molecule has 0 saturated carbocycles. The van der Waals surface area contributed by atoms with Gasteiger partial charge in [-0.3, -0.25) is 19.8 Å². The number of benzene rings is 2. The number of hydrazine groups is 1. The minimum atomic E-state index is -0.648. The van der Waals surface area contributed by atoms with Gasteiger partial charge in [0, 0.05) is 102 Å². The quantitative estimate of drug-likeness (QED) is 0.283. The summed E-state index contributed by atoms with van der Waals surface area (Å²) in [7, 11) is 1.96. The molecule has 2 saturated heterocycles. The molecule has 2 N–H and O–H groups in total. The zero-order chi connectivity index (χ0) is 26.2. The topological polar surface area (TPSA) is 85.0 Å². The molecule has 1 radical (unpaired) electrons. The van der Waals surface area contributed by atoms with Crippen molar-refractivity contribution >= 4 is 17.7 Å². The predicted octanol–water partition coefficient (Wildman–Crippen LogP) is 2.01. The number of aryl methyl sites for hydroxylation is 1. The van der Waals surface area contributed by atoms with Crippen LogP contribution in [-0.2, 0) is 27.3 Å². The normalized spacial score (nSPS) is 20.2. The molecule has 0 spiro atoms. The Morgan fingerprint density at radius 2 is 1.89 bits per heavy atom. The van der Waals surface area contributed by atoms with Crippen molar-refractivity contribution in [2.45, 2.75) is 51.2 Å². The maximum absolute atomic E-state index is 13.8. The Morgan fingerprint density at radius 3 is 2.53 bits per heavy atom.